The summed E-state index contributed by atoms with van der Waals surface area (Å²) in [4.78, 5) is 23.7. The van der Waals surface area contributed by atoms with Crippen LogP contribution in [0.3, 0.4) is 0 Å². The summed E-state index contributed by atoms with van der Waals surface area (Å²) < 4.78 is 16.3. The summed E-state index contributed by atoms with van der Waals surface area (Å²) in [6, 6.07) is 11.6. The van der Waals surface area contributed by atoms with Gasteiger partial charge in [-0.2, -0.15) is 0 Å². The summed E-state index contributed by atoms with van der Waals surface area (Å²) in [5, 5.41) is 48.8. The van der Waals surface area contributed by atoms with Gasteiger partial charge in [-0.15, -0.1) is 0 Å². The number of aromatic hydroxyl groups is 1. The van der Waals surface area contributed by atoms with Gasteiger partial charge in [0.05, 0.1) is 5.39 Å². The highest BCUT2D eigenvalue weighted by molar-refractivity contribution is 5.80. The molecule has 1 aliphatic rings. The summed E-state index contributed by atoms with van der Waals surface area (Å²) in [6.45, 7) is 0. The third-order valence-corrected chi connectivity index (χ3v) is 4.90. The van der Waals surface area contributed by atoms with Crippen molar-refractivity contribution in [2.75, 3.05) is 0 Å². The van der Waals surface area contributed by atoms with Gasteiger partial charge >= 0.3 is 5.97 Å². The molecule has 0 aliphatic carbocycles. The summed E-state index contributed by atoms with van der Waals surface area (Å²) >= 11 is 0. The Morgan fingerprint density at radius 1 is 0.968 bits per heavy atom. The number of aliphatic carboxylic acids is 1. The fourth-order valence-electron chi connectivity index (χ4n) is 3.29. The van der Waals surface area contributed by atoms with Gasteiger partial charge in [-0.1, -0.05) is 12.1 Å². The van der Waals surface area contributed by atoms with Gasteiger partial charge in [-0.25, -0.2) is 4.79 Å². The topological polar surface area (TPSA) is 167 Å². The molecule has 0 saturated carbocycles. The molecule has 4 rings (SSSR count). The minimum absolute atomic E-state index is 0.00510. The van der Waals surface area contributed by atoms with E-state index in [-0.39, 0.29) is 33.7 Å². The van der Waals surface area contributed by atoms with Crippen molar-refractivity contribution in [3.63, 3.8) is 0 Å². The quantitative estimate of drug-likeness (QED) is 0.392. The van der Waals surface area contributed by atoms with Crippen molar-refractivity contribution in [3.8, 4) is 22.8 Å². The molecular weight excluding hydrogens is 412 g/mol. The molecule has 2 aromatic carbocycles. The molecule has 1 aromatic heterocycles. The Labute approximate surface area is 174 Å². The lowest BCUT2D eigenvalue weighted by Gasteiger charge is -2.38. The fourth-order valence-corrected chi connectivity index (χ4v) is 3.29. The Kier molecular flexibility index (Phi) is 5.38. The first-order chi connectivity index (χ1) is 14.7. The third kappa shape index (κ3) is 3.97. The molecule has 2 heterocycles. The summed E-state index contributed by atoms with van der Waals surface area (Å²) in [5.74, 6) is -1.29. The molecule has 10 nitrogen and oxygen atoms in total. The van der Waals surface area contributed by atoms with Crippen LogP contribution in [0.15, 0.2) is 57.7 Å². The van der Waals surface area contributed by atoms with E-state index >= 15 is 0 Å². The zero-order valence-electron chi connectivity index (χ0n) is 15.8. The first-order valence-electron chi connectivity index (χ1n) is 9.21. The normalized spacial score (nSPS) is 26.0. The van der Waals surface area contributed by atoms with E-state index in [9.17, 15) is 30.0 Å². The average molecular weight is 430 g/mol. The van der Waals surface area contributed by atoms with Gasteiger partial charge in [0.15, 0.2) is 11.5 Å². The van der Waals surface area contributed by atoms with E-state index < -0.39 is 36.7 Å². The number of benzene rings is 2. The third-order valence-electron chi connectivity index (χ3n) is 4.90. The van der Waals surface area contributed by atoms with Gasteiger partial charge in [-0.05, 0) is 24.3 Å². The molecule has 1 saturated heterocycles. The largest absolute Gasteiger partial charge is 0.508 e. The molecule has 5 atom stereocenters. The maximum atomic E-state index is 12.5. The van der Waals surface area contributed by atoms with Crippen LogP contribution in [0.5, 0.6) is 11.5 Å². The molecule has 1 fully saturated rings. The second-order valence-electron chi connectivity index (χ2n) is 7.04. The van der Waals surface area contributed by atoms with Crippen molar-refractivity contribution >= 4 is 16.9 Å². The van der Waals surface area contributed by atoms with E-state index in [1.807, 2.05) is 0 Å². The predicted molar refractivity (Wildman–Crippen MR) is 105 cm³/mol. The lowest BCUT2D eigenvalue weighted by Crippen LogP contribution is -2.61. The zero-order valence-corrected chi connectivity index (χ0v) is 15.8. The number of aliphatic hydroxyl groups excluding tert-OH is 3. The molecule has 0 amide bonds. The van der Waals surface area contributed by atoms with Crippen molar-refractivity contribution in [2.24, 2.45) is 0 Å². The molecular formula is C21H18O10. The minimum Gasteiger partial charge on any atom is -0.508 e. The van der Waals surface area contributed by atoms with Crippen LogP contribution < -0.4 is 10.2 Å². The molecule has 1 aliphatic heterocycles. The standard InChI is InChI=1S/C21H18O10/c22-10-3-1-2-9(6-10)14-8-13(23)12-5-4-11(7-15(12)30-14)29-21-18(26)16(24)17(25)19(31-21)20(27)28/h1-8,16-19,21-22,24-26H,(H,27,28)/t16-,17-,18+,19-,21?/m0/s1. The average Bonchev–Trinajstić information content (AvgIpc) is 2.73. The molecule has 3 aromatic rings. The maximum Gasteiger partial charge on any atom is 0.335 e. The van der Waals surface area contributed by atoms with Crippen LogP contribution in [0, 0.1) is 0 Å². The van der Waals surface area contributed by atoms with E-state index in [2.05, 4.69) is 0 Å². The maximum absolute atomic E-state index is 12.5. The van der Waals surface area contributed by atoms with Crippen molar-refractivity contribution < 1.29 is 44.2 Å². The number of rotatable bonds is 4. The summed E-state index contributed by atoms with van der Waals surface area (Å²) in [5.41, 5.74) is 0.256. The number of phenols is 1. The van der Waals surface area contributed by atoms with E-state index in [1.165, 1.54) is 36.4 Å². The predicted octanol–water partition coefficient (Wildman–Crippen LogP) is 0.437. The van der Waals surface area contributed by atoms with Crippen LogP contribution in [0.2, 0.25) is 0 Å². The van der Waals surface area contributed by atoms with Crippen molar-refractivity contribution in [1.82, 2.24) is 0 Å². The molecule has 31 heavy (non-hydrogen) atoms. The van der Waals surface area contributed by atoms with Crippen LogP contribution >= 0.6 is 0 Å². The number of phenolic OH excluding ortho intramolecular Hbond substituents is 1. The van der Waals surface area contributed by atoms with Gasteiger partial charge in [0.25, 0.3) is 0 Å². The number of carboxylic acid groups (broad SMARTS) is 1. The first kappa shape index (κ1) is 20.8. The van der Waals surface area contributed by atoms with Gasteiger partial charge in [-0.3, -0.25) is 4.79 Å². The number of fused-ring (bicyclic) bond motifs is 1. The number of carboxylic acids is 1. The Balaban J connectivity index is 1.67. The number of hydrogen-bond donors (Lipinski definition) is 5. The van der Waals surface area contributed by atoms with Crippen molar-refractivity contribution in [3.05, 3.63) is 58.8 Å². The van der Waals surface area contributed by atoms with Crippen LogP contribution in [-0.4, -0.2) is 62.2 Å². The number of carbonyl (C=O) groups is 1. The van der Waals surface area contributed by atoms with E-state index in [4.69, 9.17) is 19.0 Å². The fraction of sp³-hybridized carbons (Fsp3) is 0.238. The number of aliphatic hydroxyl groups is 3. The smallest absolute Gasteiger partial charge is 0.335 e. The molecule has 10 heteroatoms. The Morgan fingerprint density at radius 3 is 2.45 bits per heavy atom. The van der Waals surface area contributed by atoms with Crippen molar-refractivity contribution in [2.45, 2.75) is 30.7 Å². The monoisotopic (exact) mass is 430 g/mol. The molecule has 162 valence electrons. The second kappa shape index (κ2) is 8.00. The van der Waals surface area contributed by atoms with Crippen LogP contribution in [0.1, 0.15) is 0 Å². The Bertz CT molecular complexity index is 1190. The van der Waals surface area contributed by atoms with Gasteiger partial charge < -0.3 is 39.4 Å². The molecule has 0 bridgehead atoms. The number of hydrogen-bond acceptors (Lipinski definition) is 9. The van der Waals surface area contributed by atoms with Gasteiger partial charge in [0.1, 0.15) is 41.2 Å². The van der Waals surface area contributed by atoms with Gasteiger partial charge in [0, 0.05) is 17.7 Å². The van der Waals surface area contributed by atoms with Crippen molar-refractivity contribution in [1.29, 1.82) is 0 Å². The molecule has 1 unspecified atom stereocenters. The highest BCUT2D eigenvalue weighted by Gasteiger charge is 2.48. The van der Waals surface area contributed by atoms with Crippen LogP contribution in [0.4, 0.5) is 0 Å². The first-order valence-corrected chi connectivity index (χ1v) is 9.21. The zero-order chi connectivity index (χ0) is 22.3. The Morgan fingerprint density at radius 2 is 1.74 bits per heavy atom. The van der Waals surface area contributed by atoms with Crippen LogP contribution in [-0.2, 0) is 9.53 Å². The Hall–Kier alpha value is -3.44. The lowest BCUT2D eigenvalue weighted by molar-refractivity contribution is -0.271. The highest BCUT2D eigenvalue weighted by Crippen LogP contribution is 2.29. The van der Waals surface area contributed by atoms with E-state index in [0.29, 0.717) is 5.56 Å². The van der Waals surface area contributed by atoms with E-state index in [1.54, 1.807) is 12.1 Å². The SMILES string of the molecule is O=C(O)[C@H]1OC(Oc2ccc3c(=O)cc(-c4cccc(O)c4)oc3c2)[C@H](O)[C@@H](O)[C@@H]1O. The highest BCUT2D eigenvalue weighted by atomic mass is 16.7. The minimum atomic E-state index is -1.84. The molecule has 0 radical (unpaired) electrons. The molecule has 0 spiro atoms. The lowest BCUT2D eigenvalue weighted by atomic mass is 9.99. The second-order valence-corrected chi connectivity index (χ2v) is 7.04. The molecule has 5 N–H and O–H groups in total. The summed E-state index contributed by atoms with van der Waals surface area (Å²) in [6.07, 6.45) is -8.79. The number of ether oxygens (including phenoxy) is 2. The van der Waals surface area contributed by atoms with Gasteiger partial charge in [0.2, 0.25) is 6.29 Å². The van der Waals surface area contributed by atoms with Crippen LogP contribution in [0.25, 0.3) is 22.3 Å². The van der Waals surface area contributed by atoms with E-state index in [0.717, 1.165) is 0 Å². The summed E-state index contributed by atoms with van der Waals surface area (Å²) in [7, 11) is 0.